The molecule has 164 valence electrons. The molecule has 0 N–H and O–H groups in total. The van der Waals surface area contributed by atoms with Gasteiger partial charge in [-0.15, -0.1) is 0 Å². The lowest BCUT2D eigenvalue weighted by Gasteiger charge is -2.16. The molecular weight excluding hydrogens is 394 g/mol. The van der Waals surface area contributed by atoms with E-state index >= 15 is 0 Å². The topological polar surface area (TPSA) is 71.4 Å². The largest absolute Gasteiger partial charge is 0.453 e. The summed E-state index contributed by atoms with van der Waals surface area (Å²) in [7, 11) is 5.05. The van der Waals surface area contributed by atoms with E-state index in [0.717, 1.165) is 48.6 Å². The number of hydrogen-bond donors (Lipinski definition) is 0. The Morgan fingerprint density at radius 3 is 2.52 bits per heavy atom. The molecular formula is C24H29N3O4. The predicted molar refractivity (Wildman–Crippen MR) is 121 cm³/mol. The van der Waals surface area contributed by atoms with Crippen LogP contribution in [0.2, 0.25) is 0 Å². The summed E-state index contributed by atoms with van der Waals surface area (Å²) in [6, 6.07) is 13.8. The molecule has 0 atom stereocenters. The van der Waals surface area contributed by atoms with Gasteiger partial charge in [-0.3, -0.25) is 0 Å². The summed E-state index contributed by atoms with van der Waals surface area (Å²) >= 11 is 0. The van der Waals surface area contributed by atoms with Crippen LogP contribution in [0.25, 0.3) is 10.8 Å². The van der Waals surface area contributed by atoms with E-state index in [0.29, 0.717) is 18.1 Å². The van der Waals surface area contributed by atoms with E-state index in [1.54, 1.807) is 18.1 Å². The normalized spacial score (nSPS) is 14.5. The molecule has 1 aliphatic heterocycles. The Bertz CT molecular complexity index is 994. The van der Waals surface area contributed by atoms with Gasteiger partial charge in [-0.05, 0) is 29.7 Å². The molecule has 0 radical (unpaired) electrons. The van der Waals surface area contributed by atoms with E-state index in [1.807, 2.05) is 54.4 Å². The van der Waals surface area contributed by atoms with Gasteiger partial charge in [0.05, 0.1) is 7.11 Å². The Morgan fingerprint density at radius 1 is 1.03 bits per heavy atom. The van der Waals surface area contributed by atoms with E-state index in [-0.39, 0.29) is 6.09 Å². The maximum atomic E-state index is 12.3. The molecule has 0 aromatic heterocycles. The monoisotopic (exact) mass is 423 g/mol. The fourth-order valence-corrected chi connectivity index (χ4v) is 3.51. The molecule has 3 rings (SSSR count). The zero-order chi connectivity index (χ0) is 22.2. The highest BCUT2D eigenvalue weighted by molar-refractivity contribution is 6.16. The number of rotatable bonds is 9. The van der Waals surface area contributed by atoms with Crippen LogP contribution in [0.3, 0.4) is 0 Å². The minimum absolute atomic E-state index is 0.307. The number of ether oxygens (including phenoxy) is 2. The van der Waals surface area contributed by atoms with E-state index in [9.17, 15) is 9.59 Å². The zero-order valence-electron chi connectivity index (χ0n) is 18.3. The van der Waals surface area contributed by atoms with Gasteiger partial charge in [0.25, 0.3) is 0 Å². The second-order valence-electron chi connectivity index (χ2n) is 7.63. The fourth-order valence-electron chi connectivity index (χ4n) is 3.51. The first-order chi connectivity index (χ1) is 15.0. The Hall–Kier alpha value is -3.35. The number of amides is 1. The van der Waals surface area contributed by atoms with Crippen LogP contribution < -0.4 is 0 Å². The van der Waals surface area contributed by atoms with Gasteiger partial charge in [-0.1, -0.05) is 49.2 Å². The molecule has 1 aliphatic rings. The summed E-state index contributed by atoms with van der Waals surface area (Å²) in [5.41, 5.74) is 1.12. The standard InChI is InChI=1S/C24H29N3O4/c1-26(15-8-4-5-9-16-27(2)24(29)30-3)17-21-23(28)31-22(25-21)20-14-10-12-18-11-6-7-13-19(18)20/h6-7,10-14,17H,4-5,8-9,15-16H2,1-3H3. The third kappa shape index (κ3) is 5.84. The average Bonchev–Trinajstić information content (AvgIpc) is 3.14. The predicted octanol–water partition coefficient (Wildman–Crippen LogP) is 4.18. The summed E-state index contributed by atoms with van der Waals surface area (Å²) in [5, 5.41) is 2.08. The summed E-state index contributed by atoms with van der Waals surface area (Å²) in [4.78, 5) is 31.6. The van der Waals surface area contributed by atoms with Crippen LogP contribution >= 0.6 is 0 Å². The second-order valence-corrected chi connectivity index (χ2v) is 7.63. The average molecular weight is 424 g/mol. The molecule has 0 unspecified atom stereocenters. The lowest BCUT2D eigenvalue weighted by molar-refractivity contribution is -0.130. The molecule has 2 aromatic rings. The van der Waals surface area contributed by atoms with Crippen molar-refractivity contribution in [2.75, 3.05) is 34.3 Å². The lowest BCUT2D eigenvalue weighted by atomic mass is 10.0. The first-order valence-corrected chi connectivity index (χ1v) is 10.5. The van der Waals surface area contributed by atoms with Crippen molar-refractivity contribution in [1.82, 2.24) is 9.80 Å². The van der Waals surface area contributed by atoms with Gasteiger partial charge in [0, 0.05) is 38.9 Å². The highest BCUT2D eigenvalue weighted by atomic mass is 16.6. The van der Waals surface area contributed by atoms with Crippen molar-refractivity contribution in [3.05, 3.63) is 59.9 Å². The van der Waals surface area contributed by atoms with Crippen molar-refractivity contribution in [3.63, 3.8) is 0 Å². The van der Waals surface area contributed by atoms with Crippen molar-refractivity contribution in [2.24, 2.45) is 4.99 Å². The van der Waals surface area contributed by atoms with Gasteiger partial charge in [-0.25, -0.2) is 14.6 Å². The van der Waals surface area contributed by atoms with Gasteiger partial charge >= 0.3 is 12.1 Å². The lowest BCUT2D eigenvalue weighted by Crippen LogP contribution is -2.27. The van der Waals surface area contributed by atoms with E-state index in [4.69, 9.17) is 4.74 Å². The highest BCUT2D eigenvalue weighted by Crippen LogP contribution is 2.24. The molecule has 1 heterocycles. The van der Waals surface area contributed by atoms with Gasteiger partial charge in [0.15, 0.2) is 5.70 Å². The first-order valence-electron chi connectivity index (χ1n) is 10.5. The van der Waals surface area contributed by atoms with Crippen LogP contribution in [0, 0.1) is 0 Å². The fraction of sp³-hybridized carbons (Fsp3) is 0.375. The quantitative estimate of drug-likeness (QED) is 0.344. The number of carbonyl (C=O) groups excluding carboxylic acids is 2. The number of cyclic esters (lactones) is 1. The number of carbonyl (C=O) groups is 2. The van der Waals surface area contributed by atoms with Gasteiger partial charge < -0.3 is 19.3 Å². The van der Waals surface area contributed by atoms with Gasteiger partial charge in [0.1, 0.15) is 0 Å². The van der Waals surface area contributed by atoms with Crippen LogP contribution in [0.4, 0.5) is 4.79 Å². The molecule has 0 saturated carbocycles. The van der Waals surface area contributed by atoms with E-state index in [1.165, 1.54) is 7.11 Å². The molecule has 0 saturated heterocycles. The number of esters is 1. The first kappa shape index (κ1) is 22.3. The van der Waals surface area contributed by atoms with Crippen LogP contribution in [0.5, 0.6) is 0 Å². The summed E-state index contributed by atoms with van der Waals surface area (Å²) in [6.07, 6.45) is 5.41. The number of fused-ring (bicyclic) bond motifs is 1. The van der Waals surface area contributed by atoms with Crippen LogP contribution in [-0.4, -0.2) is 62.1 Å². The maximum Gasteiger partial charge on any atom is 0.409 e. The van der Waals surface area contributed by atoms with Crippen molar-refractivity contribution < 1.29 is 19.1 Å². The number of methoxy groups -OCH3 is 1. The molecule has 1 amide bonds. The summed E-state index contributed by atoms with van der Waals surface area (Å²) < 4.78 is 10.1. The Morgan fingerprint density at radius 2 is 1.74 bits per heavy atom. The van der Waals surface area contributed by atoms with Crippen molar-refractivity contribution in [2.45, 2.75) is 25.7 Å². The van der Waals surface area contributed by atoms with Crippen molar-refractivity contribution in [3.8, 4) is 0 Å². The van der Waals surface area contributed by atoms with Gasteiger partial charge in [-0.2, -0.15) is 0 Å². The van der Waals surface area contributed by atoms with E-state index in [2.05, 4.69) is 9.73 Å². The summed E-state index contributed by atoms with van der Waals surface area (Å²) in [5.74, 6) is -0.0863. The molecule has 0 fully saturated rings. The Balaban J connectivity index is 1.51. The van der Waals surface area contributed by atoms with Crippen molar-refractivity contribution >= 4 is 28.7 Å². The molecule has 31 heavy (non-hydrogen) atoms. The third-order valence-corrected chi connectivity index (χ3v) is 5.22. The minimum Gasteiger partial charge on any atom is -0.453 e. The minimum atomic E-state index is -0.430. The smallest absolute Gasteiger partial charge is 0.409 e. The second kappa shape index (κ2) is 10.6. The molecule has 0 spiro atoms. The van der Waals surface area contributed by atoms with Gasteiger partial charge in [0.2, 0.25) is 5.90 Å². The number of nitrogens with zero attached hydrogens (tertiary/aromatic N) is 3. The Kier molecular flexibility index (Phi) is 7.65. The molecule has 0 aliphatic carbocycles. The van der Waals surface area contributed by atoms with Crippen LogP contribution in [0.15, 0.2) is 59.4 Å². The third-order valence-electron chi connectivity index (χ3n) is 5.22. The number of unbranched alkanes of at least 4 members (excludes halogenated alkanes) is 3. The van der Waals surface area contributed by atoms with E-state index < -0.39 is 5.97 Å². The highest BCUT2D eigenvalue weighted by Gasteiger charge is 2.25. The number of hydrogen-bond acceptors (Lipinski definition) is 6. The van der Waals surface area contributed by atoms with Crippen LogP contribution in [-0.2, 0) is 14.3 Å². The molecule has 2 aromatic carbocycles. The summed E-state index contributed by atoms with van der Waals surface area (Å²) in [6.45, 7) is 1.49. The van der Waals surface area contributed by atoms with Crippen molar-refractivity contribution in [1.29, 1.82) is 0 Å². The number of benzene rings is 2. The van der Waals surface area contributed by atoms with Crippen LogP contribution in [0.1, 0.15) is 31.2 Å². The molecule has 7 heteroatoms. The Labute approximate surface area is 182 Å². The number of aliphatic imine (C=N–C) groups is 1. The molecule has 0 bridgehead atoms. The maximum absolute atomic E-state index is 12.3. The zero-order valence-corrected chi connectivity index (χ0v) is 18.3. The molecule has 7 nitrogen and oxygen atoms in total. The SMILES string of the molecule is COC(=O)N(C)CCCCCCN(C)C=C1N=C(c2cccc3ccccc23)OC1=O.